The van der Waals surface area contributed by atoms with Gasteiger partial charge < -0.3 is 15.5 Å². The Kier molecular flexibility index (Phi) is 7.10. The molecule has 3 aromatic rings. The standard InChI is InChI=1S/C23H26N2O4S/c1-17-2-12-22(13-3-17)30(28,29)25-20-8-4-18(5-9-20)14-15-24-16-23(27)19-6-10-21(26)11-7-19/h2-13,23-27H,14-16H2,1H3. The van der Waals surface area contributed by atoms with Crippen LogP contribution in [0, 0.1) is 6.92 Å². The number of hydrogen-bond acceptors (Lipinski definition) is 5. The molecule has 0 fully saturated rings. The average molecular weight is 427 g/mol. The molecular weight excluding hydrogens is 400 g/mol. The first-order chi connectivity index (χ1) is 14.3. The largest absolute Gasteiger partial charge is 0.508 e. The summed E-state index contributed by atoms with van der Waals surface area (Å²) in [6.07, 6.45) is 0.0944. The van der Waals surface area contributed by atoms with Crippen molar-refractivity contribution < 1.29 is 18.6 Å². The minimum Gasteiger partial charge on any atom is -0.508 e. The number of phenolic OH excluding ortho intramolecular Hbond substituents is 1. The van der Waals surface area contributed by atoms with Crippen molar-refractivity contribution in [1.29, 1.82) is 0 Å². The van der Waals surface area contributed by atoms with Crippen LogP contribution in [-0.4, -0.2) is 31.7 Å². The van der Waals surface area contributed by atoms with Gasteiger partial charge in [0.1, 0.15) is 5.75 Å². The van der Waals surface area contributed by atoms with Crippen LogP contribution in [0.2, 0.25) is 0 Å². The van der Waals surface area contributed by atoms with Crippen LogP contribution in [0.1, 0.15) is 22.8 Å². The third-order valence-electron chi connectivity index (χ3n) is 4.74. The molecule has 0 spiro atoms. The Bertz CT molecular complexity index is 1050. The van der Waals surface area contributed by atoms with Gasteiger partial charge in [-0.15, -0.1) is 0 Å². The van der Waals surface area contributed by atoms with Crippen LogP contribution in [0.3, 0.4) is 0 Å². The van der Waals surface area contributed by atoms with Gasteiger partial charge >= 0.3 is 0 Å². The number of phenols is 1. The van der Waals surface area contributed by atoms with Crippen LogP contribution >= 0.6 is 0 Å². The molecule has 0 aliphatic heterocycles. The van der Waals surface area contributed by atoms with Crippen LogP contribution in [0.5, 0.6) is 5.75 Å². The highest BCUT2D eigenvalue weighted by molar-refractivity contribution is 7.92. The maximum Gasteiger partial charge on any atom is 0.261 e. The summed E-state index contributed by atoms with van der Waals surface area (Å²) in [7, 11) is -3.61. The van der Waals surface area contributed by atoms with Gasteiger partial charge in [-0.1, -0.05) is 42.0 Å². The summed E-state index contributed by atoms with van der Waals surface area (Å²) in [5.41, 5.74) is 3.31. The first-order valence-corrected chi connectivity index (χ1v) is 11.2. The first kappa shape index (κ1) is 21.8. The van der Waals surface area contributed by atoms with Gasteiger partial charge in [-0.3, -0.25) is 4.72 Å². The third-order valence-corrected chi connectivity index (χ3v) is 6.14. The van der Waals surface area contributed by atoms with Gasteiger partial charge in [-0.05, 0) is 67.4 Å². The quantitative estimate of drug-likeness (QED) is 0.393. The number of anilines is 1. The number of sulfonamides is 1. The van der Waals surface area contributed by atoms with E-state index in [-0.39, 0.29) is 10.6 Å². The van der Waals surface area contributed by atoms with E-state index in [1.165, 1.54) is 0 Å². The van der Waals surface area contributed by atoms with Crippen molar-refractivity contribution in [1.82, 2.24) is 5.32 Å². The molecule has 0 amide bonds. The van der Waals surface area contributed by atoms with E-state index in [2.05, 4.69) is 10.0 Å². The summed E-state index contributed by atoms with van der Waals surface area (Å²) in [5, 5.41) is 22.6. The van der Waals surface area contributed by atoms with Crippen LogP contribution in [0.4, 0.5) is 5.69 Å². The van der Waals surface area contributed by atoms with E-state index in [1.807, 2.05) is 19.1 Å². The minimum atomic E-state index is -3.61. The molecule has 1 unspecified atom stereocenters. The zero-order valence-electron chi connectivity index (χ0n) is 16.7. The van der Waals surface area contributed by atoms with Gasteiger partial charge in [0.05, 0.1) is 11.0 Å². The maximum absolute atomic E-state index is 12.4. The van der Waals surface area contributed by atoms with Crippen LogP contribution < -0.4 is 10.0 Å². The molecule has 30 heavy (non-hydrogen) atoms. The molecule has 4 N–H and O–H groups in total. The highest BCUT2D eigenvalue weighted by Crippen LogP contribution is 2.18. The second kappa shape index (κ2) is 9.75. The lowest BCUT2D eigenvalue weighted by atomic mass is 10.1. The number of rotatable bonds is 9. The van der Waals surface area contributed by atoms with E-state index in [1.54, 1.807) is 60.7 Å². The summed E-state index contributed by atoms with van der Waals surface area (Å²) < 4.78 is 27.5. The lowest BCUT2D eigenvalue weighted by Crippen LogP contribution is -2.23. The fraction of sp³-hybridized carbons (Fsp3) is 0.217. The van der Waals surface area contributed by atoms with Crippen molar-refractivity contribution in [3.63, 3.8) is 0 Å². The maximum atomic E-state index is 12.4. The third kappa shape index (κ3) is 6.06. The number of hydrogen-bond donors (Lipinski definition) is 4. The number of nitrogens with one attached hydrogen (secondary N) is 2. The van der Waals surface area contributed by atoms with E-state index in [9.17, 15) is 18.6 Å². The number of aliphatic hydroxyl groups excluding tert-OH is 1. The molecule has 1 atom stereocenters. The molecule has 0 aromatic heterocycles. The van der Waals surface area contributed by atoms with Crippen molar-refractivity contribution in [3.05, 3.63) is 89.5 Å². The molecule has 0 aliphatic carbocycles. The van der Waals surface area contributed by atoms with Crippen molar-refractivity contribution in [2.75, 3.05) is 17.8 Å². The summed E-state index contributed by atoms with van der Waals surface area (Å²) >= 11 is 0. The van der Waals surface area contributed by atoms with Gasteiger partial charge in [0.15, 0.2) is 0 Å². The molecule has 6 nitrogen and oxygen atoms in total. The number of aromatic hydroxyl groups is 1. The lowest BCUT2D eigenvalue weighted by molar-refractivity contribution is 0.175. The van der Waals surface area contributed by atoms with E-state index in [0.717, 1.165) is 23.1 Å². The zero-order chi connectivity index (χ0) is 21.6. The Balaban J connectivity index is 1.47. The summed E-state index contributed by atoms with van der Waals surface area (Å²) in [6, 6.07) is 20.4. The Morgan fingerprint density at radius 1 is 0.900 bits per heavy atom. The van der Waals surface area contributed by atoms with E-state index in [0.29, 0.717) is 18.8 Å². The predicted octanol–water partition coefficient (Wildman–Crippen LogP) is 3.37. The summed E-state index contributed by atoms with van der Waals surface area (Å²) in [6.45, 7) is 2.98. The molecule has 0 saturated carbocycles. The summed E-state index contributed by atoms with van der Waals surface area (Å²) in [5.74, 6) is 0.170. The Labute approximate surface area is 177 Å². The van der Waals surface area contributed by atoms with Gasteiger partial charge in [-0.25, -0.2) is 8.42 Å². The Hall–Kier alpha value is -2.87. The molecule has 0 bridgehead atoms. The van der Waals surface area contributed by atoms with Crippen LogP contribution in [0.25, 0.3) is 0 Å². The minimum absolute atomic E-state index is 0.170. The fourth-order valence-electron chi connectivity index (χ4n) is 2.96. The predicted molar refractivity (Wildman–Crippen MR) is 118 cm³/mol. The monoisotopic (exact) mass is 426 g/mol. The SMILES string of the molecule is Cc1ccc(S(=O)(=O)Nc2ccc(CCNCC(O)c3ccc(O)cc3)cc2)cc1. The number of aliphatic hydroxyl groups is 1. The number of aryl methyl sites for hydroxylation is 1. The first-order valence-electron chi connectivity index (χ1n) is 9.70. The topological polar surface area (TPSA) is 98.7 Å². The summed E-state index contributed by atoms with van der Waals surface area (Å²) in [4.78, 5) is 0.230. The second-order valence-electron chi connectivity index (χ2n) is 7.18. The molecule has 0 radical (unpaired) electrons. The highest BCUT2D eigenvalue weighted by atomic mass is 32.2. The Morgan fingerprint density at radius 3 is 2.17 bits per heavy atom. The van der Waals surface area contributed by atoms with Crippen molar-refractivity contribution in [3.8, 4) is 5.75 Å². The highest BCUT2D eigenvalue weighted by Gasteiger charge is 2.13. The number of benzene rings is 3. The smallest absolute Gasteiger partial charge is 0.261 e. The van der Waals surface area contributed by atoms with E-state index in [4.69, 9.17) is 0 Å². The zero-order valence-corrected chi connectivity index (χ0v) is 17.6. The molecular formula is C23H26N2O4S. The average Bonchev–Trinajstić information content (AvgIpc) is 2.73. The second-order valence-corrected chi connectivity index (χ2v) is 8.86. The molecule has 0 saturated heterocycles. The van der Waals surface area contributed by atoms with Crippen molar-refractivity contribution in [2.45, 2.75) is 24.3 Å². The van der Waals surface area contributed by atoms with Gasteiger partial charge in [0.25, 0.3) is 10.0 Å². The van der Waals surface area contributed by atoms with E-state index >= 15 is 0 Å². The Morgan fingerprint density at radius 2 is 1.53 bits per heavy atom. The van der Waals surface area contributed by atoms with Crippen molar-refractivity contribution in [2.24, 2.45) is 0 Å². The molecule has 158 valence electrons. The molecule has 3 rings (SSSR count). The van der Waals surface area contributed by atoms with Gasteiger partial charge in [0.2, 0.25) is 0 Å². The molecule has 7 heteroatoms. The molecule has 0 heterocycles. The van der Waals surface area contributed by atoms with Gasteiger partial charge in [-0.2, -0.15) is 0 Å². The molecule has 0 aliphatic rings. The fourth-order valence-corrected chi connectivity index (χ4v) is 4.02. The van der Waals surface area contributed by atoms with E-state index < -0.39 is 16.1 Å². The van der Waals surface area contributed by atoms with Crippen molar-refractivity contribution >= 4 is 15.7 Å². The normalized spacial score (nSPS) is 12.5. The van der Waals surface area contributed by atoms with Gasteiger partial charge in [0, 0.05) is 12.2 Å². The van der Waals surface area contributed by atoms with Crippen LogP contribution in [0.15, 0.2) is 77.7 Å². The van der Waals surface area contributed by atoms with Crippen LogP contribution in [-0.2, 0) is 16.4 Å². The molecule has 3 aromatic carbocycles. The lowest BCUT2D eigenvalue weighted by Gasteiger charge is -2.13.